The van der Waals surface area contributed by atoms with Gasteiger partial charge in [0.25, 0.3) is 0 Å². The van der Waals surface area contributed by atoms with E-state index in [2.05, 4.69) is 26.3 Å². The number of carbonyl (C=O) groups excluding carboxylic acids is 10. The number of hydrogen-bond donors (Lipinski definition) is 9. The van der Waals surface area contributed by atoms with E-state index in [0.29, 0.717) is 6.42 Å². The van der Waals surface area contributed by atoms with Crippen LogP contribution in [0.5, 0.6) is 0 Å². The highest BCUT2D eigenvalue weighted by atomic mass is 16.7. The summed E-state index contributed by atoms with van der Waals surface area (Å²) in [5, 5.41) is 18.7. The maximum atomic E-state index is 14.1. The van der Waals surface area contributed by atoms with E-state index in [1.54, 1.807) is 0 Å². The molecule has 0 bridgehead atoms. The molecule has 0 aromatic rings. The summed E-state index contributed by atoms with van der Waals surface area (Å²) >= 11 is 0. The molecule has 2 rings (SSSR count). The van der Waals surface area contributed by atoms with E-state index >= 15 is 0 Å². The highest BCUT2D eigenvalue weighted by molar-refractivity contribution is 5.97. The number of likely N-dealkylation sites (tertiary alicyclic amines) is 1. The van der Waals surface area contributed by atoms with Crippen LogP contribution in [0.1, 0.15) is 59.8 Å². The minimum Gasteiger partial charge on any atom is -0.481 e. The lowest BCUT2D eigenvalue weighted by Gasteiger charge is -2.44. The second kappa shape index (κ2) is 26.1. The van der Waals surface area contributed by atoms with Crippen molar-refractivity contribution >= 4 is 71.2 Å². The Morgan fingerprint density at radius 3 is 1.95 bits per heavy atom. The highest BCUT2D eigenvalue weighted by Crippen LogP contribution is 2.30. The number of nitrogens with one attached hydrogen (secondary N) is 4. The zero-order valence-corrected chi connectivity index (χ0v) is 35.6. The average Bonchev–Trinajstić information content (AvgIpc) is 3.70. The van der Waals surface area contributed by atoms with Crippen molar-refractivity contribution in [1.29, 1.82) is 0 Å². The van der Waals surface area contributed by atoms with Gasteiger partial charge in [0.15, 0.2) is 30.6 Å². The van der Waals surface area contributed by atoms with Gasteiger partial charge in [0.05, 0.1) is 26.1 Å². The van der Waals surface area contributed by atoms with Gasteiger partial charge in [-0.1, -0.05) is 0 Å². The van der Waals surface area contributed by atoms with Crippen LogP contribution in [-0.4, -0.2) is 176 Å². The van der Waals surface area contributed by atoms with Gasteiger partial charge in [-0.3, -0.25) is 57.7 Å². The van der Waals surface area contributed by atoms with Crippen LogP contribution in [0.3, 0.4) is 0 Å². The summed E-state index contributed by atoms with van der Waals surface area (Å²) in [6, 6.07) is -6.14. The van der Waals surface area contributed by atoms with Crippen LogP contribution in [-0.2, 0) is 81.2 Å². The van der Waals surface area contributed by atoms with Crippen molar-refractivity contribution in [2.75, 3.05) is 39.4 Å². The number of hydrogen-bond acceptors (Lipinski definition) is 19. The number of carbonyl (C=O) groups is 11. The smallest absolute Gasteiger partial charge is 0.305 e. The summed E-state index contributed by atoms with van der Waals surface area (Å²) in [4.78, 5) is 143. The quantitative estimate of drug-likeness (QED) is 0.0143. The fourth-order valence-corrected chi connectivity index (χ4v) is 6.43. The fourth-order valence-electron chi connectivity index (χ4n) is 6.43. The first kappa shape index (κ1) is 53.5. The van der Waals surface area contributed by atoms with Crippen molar-refractivity contribution in [1.82, 2.24) is 26.2 Å². The average molecular weight is 917 g/mol. The normalized spacial score (nSPS) is 21.6. The molecule has 0 aliphatic carbocycles. The van der Waals surface area contributed by atoms with Gasteiger partial charge in [-0.2, -0.15) is 0 Å². The Hall–Kier alpha value is -6.68. The van der Waals surface area contributed by atoms with Crippen molar-refractivity contribution in [3.05, 3.63) is 0 Å². The number of carboxylic acid groups (broad SMARTS) is 1. The molecule has 28 nitrogen and oxygen atoms in total. The third kappa shape index (κ3) is 18.0. The molecule has 0 unspecified atom stereocenters. The number of rotatable bonds is 24. The first-order valence-corrected chi connectivity index (χ1v) is 19.7. The van der Waals surface area contributed by atoms with Crippen molar-refractivity contribution in [3.63, 3.8) is 0 Å². The molecule has 2 fully saturated rings. The number of aliphatic carboxylic acids is 1. The lowest BCUT2D eigenvalue weighted by atomic mass is 9.98. The van der Waals surface area contributed by atoms with E-state index < -0.39 is 153 Å². The van der Waals surface area contributed by atoms with Gasteiger partial charge in [-0.05, 0) is 25.7 Å². The summed E-state index contributed by atoms with van der Waals surface area (Å²) in [5.41, 5.74) is 21.5. The minimum absolute atomic E-state index is 0.00266. The van der Waals surface area contributed by atoms with Crippen molar-refractivity contribution in [3.8, 4) is 0 Å². The van der Waals surface area contributed by atoms with Crippen LogP contribution in [0, 0.1) is 0 Å². The van der Waals surface area contributed by atoms with Crippen LogP contribution in [0.2, 0.25) is 0 Å². The zero-order chi connectivity index (χ0) is 48.3. The van der Waals surface area contributed by atoms with Crippen LogP contribution < -0.4 is 44.2 Å². The monoisotopic (exact) mass is 916 g/mol. The molecule has 2 aliphatic rings. The largest absolute Gasteiger partial charge is 0.481 e. The Bertz CT molecular complexity index is 1780. The van der Waals surface area contributed by atoms with Gasteiger partial charge in [0, 0.05) is 40.8 Å². The van der Waals surface area contributed by atoms with Crippen LogP contribution in [0.25, 0.3) is 0 Å². The summed E-state index contributed by atoms with van der Waals surface area (Å²) in [5.74, 6) is -11.3. The first-order chi connectivity index (χ1) is 30.0. The van der Waals surface area contributed by atoms with Crippen molar-refractivity contribution < 1.29 is 86.3 Å². The third-order valence-corrected chi connectivity index (χ3v) is 9.09. The number of esters is 4. The molecule has 2 heterocycles. The minimum atomic E-state index is -1.93. The molecule has 0 aromatic carbocycles. The van der Waals surface area contributed by atoms with Crippen LogP contribution in [0.15, 0.2) is 4.99 Å². The van der Waals surface area contributed by atoms with Gasteiger partial charge in [0.2, 0.25) is 35.4 Å². The number of amides is 6. The Morgan fingerprint density at radius 1 is 0.781 bits per heavy atom. The molecule has 0 saturated carbocycles. The predicted octanol–water partition coefficient (Wildman–Crippen LogP) is -6.38. The third-order valence-electron chi connectivity index (χ3n) is 9.09. The second-order valence-electron chi connectivity index (χ2n) is 14.3. The van der Waals surface area contributed by atoms with Crippen LogP contribution >= 0.6 is 0 Å². The summed E-state index contributed by atoms with van der Waals surface area (Å²) < 4.78 is 32.9. The predicted molar refractivity (Wildman–Crippen MR) is 212 cm³/mol. The van der Waals surface area contributed by atoms with Gasteiger partial charge in [-0.15, -0.1) is 0 Å². The molecule has 2 aliphatic heterocycles. The van der Waals surface area contributed by atoms with Gasteiger partial charge in [-0.25, -0.2) is 0 Å². The van der Waals surface area contributed by atoms with E-state index in [9.17, 15) is 57.8 Å². The molecule has 0 radical (unpaired) electrons. The fraction of sp³-hybridized carbons (Fsp3) is 0.667. The van der Waals surface area contributed by atoms with Crippen molar-refractivity contribution in [2.24, 2.45) is 27.9 Å². The van der Waals surface area contributed by atoms with Gasteiger partial charge in [0.1, 0.15) is 36.9 Å². The Balaban J connectivity index is 2.45. The summed E-state index contributed by atoms with van der Waals surface area (Å²) in [7, 11) is 0. The Kier molecular flexibility index (Phi) is 21.8. The first-order valence-electron chi connectivity index (χ1n) is 19.7. The number of guanidine groups is 1. The van der Waals surface area contributed by atoms with Crippen LogP contribution in [0.4, 0.5) is 0 Å². The standard InChI is InChI=1S/C36H56N10O18/c1-16(47)59-15-24-28(61-17(2)48)29(62-18(3)49)30(63-19(4)50)35(64-24)60-14-22(34(58)46-10-6-8-23(46)31(38)55)45-33(57)21(11-27(53)54)44-26(52)13-42-32(56)20(43-25(51)12-37)7-5-9-41-36(39)40/h20-24,28-30,35H,5-15,37H2,1-4H3,(H2,38,55)(H,42,56)(H,43,51)(H,44,52)(H,45,57)(H,53,54)(H4,39,40,41)/t20-,21-,22+,23-,24+,28+,29-,30+,35+/m0/s1. The molecule has 9 atom stereocenters. The number of carboxylic acids is 1. The molecular weight excluding hydrogens is 860 g/mol. The topological polar surface area (TPSA) is 431 Å². The maximum Gasteiger partial charge on any atom is 0.305 e. The Labute approximate surface area is 365 Å². The second-order valence-corrected chi connectivity index (χ2v) is 14.3. The Morgan fingerprint density at radius 2 is 1.39 bits per heavy atom. The zero-order valence-electron chi connectivity index (χ0n) is 35.6. The molecule has 0 aromatic heterocycles. The van der Waals surface area contributed by atoms with Gasteiger partial charge < -0.3 is 82.6 Å². The molecule has 0 spiro atoms. The summed E-state index contributed by atoms with van der Waals surface area (Å²) in [6.45, 7) is 1.19. The number of aliphatic imine (C=N–C) groups is 1. The van der Waals surface area contributed by atoms with E-state index in [4.69, 9.17) is 51.4 Å². The molecular formula is C36H56N10O18. The molecule has 28 heteroatoms. The number of ether oxygens (including phenoxy) is 6. The lowest BCUT2D eigenvalue weighted by molar-refractivity contribution is -0.308. The van der Waals surface area contributed by atoms with Crippen molar-refractivity contribution in [2.45, 2.75) is 115 Å². The SMILES string of the molecule is CC(=O)OC[C@H]1O[C@@H](OC[C@@H](NC(=O)[C@H](CC(=O)O)NC(=O)CNC(=O)[C@H](CCCN=C(N)N)NC(=O)CN)C(=O)N2CCC[C@H]2C(N)=O)[C@H](OC(C)=O)[C@@H](OC(C)=O)[C@@H]1OC(C)=O. The molecule has 13 N–H and O–H groups in total. The number of primary amides is 1. The van der Waals surface area contributed by atoms with E-state index in [0.717, 1.165) is 32.6 Å². The highest BCUT2D eigenvalue weighted by Gasteiger charge is 2.53. The molecule has 358 valence electrons. The number of nitrogens with two attached hydrogens (primary N) is 4. The summed E-state index contributed by atoms with van der Waals surface area (Å²) in [6.07, 6.45) is -8.74. The number of nitrogens with zero attached hydrogens (tertiary/aromatic N) is 2. The lowest BCUT2D eigenvalue weighted by Crippen LogP contribution is -2.64. The molecule has 2 saturated heterocycles. The van der Waals surface area contributed by atoms with Gasteiger partial charge >= 0.3 is 29.8 Å². The van der Waals surface area contributed by atoms with E-state index in [1.807, 2.05) is 0 Å². The molecule has 64 heavy (non-hydrogen) atoms. The maximum absolute atomic E-state index is 14.1. The molecule has 6 amide bonds. The van der Waals surface area contributed by atoms with E-state index in [-0.39, 0.29) is 38.3 Å². The van der Waals surface area contributed by atoms with E-state index in [1.165, 1.54) is 0 Å².